The maximum atomic E-state index is 5.95. The van der Waals surface area contributed by atoms with Crippen molar-refractivity contribution in [2.75, 3.05) is 0 Å². The fourth-order valence-electron chi connectivity index (χ4n) is 2.03. The second-order valence-electron chi connectivity index (χ2n) is 5.37. The lowest BCUT2D eigenvalue weighted by Gasteiger charge is -2.13. The quantitative estimate of drug-likeness (QED) is 0.708. The fraction of sp³-hybridized carbons (Fsp3) is 0.353. The zero-order valence-electron chi connectivity index (χ0n) is 12.4. The van der Waals surface area contributed by atoms with Crippen molar-refractivity contribution in [3.63, 3.8) is 0 Å². The molecule has 2 aromatic rings. The van der Waals surface area contributed by atoms with E-state index in [1.807, 2.05) is 26.0 Å². The van der Waals surface area contributed by atoms with Gasteiger partial charge in [0.2, 0.25) is 5.88 Å². The Bertz CT molecular complexity index is 608. The van der Waals surface area contributed by atoms with Gasteiger partial charge in [0.05, 0.1) is 0 Å². The van der Waals surface area contributed by atoms with Gasteiger partial charge < -0.3 is 4.74 Å². The molecule has 2 rings (SSSR count). The molecule has 1 aromatic heterocycles. The summed E-state index contributed by atoms with van der Waals surface area (Å²) < 4.78 is 5.95. The van der Waals surface area contributed by atoms with Gasteiger partial charge in [-0.15, -0.1) is 11.6 Å². The normalized spacial score (nSPS) is 10.9. The Kier molecular flexibility index (Phi) is 4.66. The van der Waals surface area contributed by atoms with Crippen molar-refractivity contribution < 1.29 is 4.74 Å². The molecule has 106 valence electrons. The Balaban J connectivity index is 2.34. The number of ether oxygens (including phenoxy) is 1. The van der Waals surface area contributed by atoms with Crippen LogP contribution in [0, 0.1) is 13.8 Å². The molecule has 0 radical (unpaired) electrons. The van der Waals surface area contributed by atoms with Gasteiger partial charge in [-0.05, 0) is 48.6 Å². The molecule has 2 nitrogen and oxygen atoms in total. The first-order valence-electron chi connectivity index (χ1n) is 6.81. The van der Waals surface area contributed by atoms with Gasteiger partial charge in [-0.3, -0.25) is 0 Å². The molecule has 0 spiro atoms. The average Bonchev–Trinajstić information content (AvgIpc) is 2.40. The van der Waals surface area contributed by atoms with Crippen LogP contribution in [-0.4, -0.2) is 4.98 Å². The zero-order chi connectivity index (χ0) is 14.7. The lowest BCUT2D eigenvalue weighted by molar-refractivity contribution is 0.456. The van der Waals surface area contributed by atoms with E-state index >= 15 is 0 Å². The van der Waals surface area contributed by atoms with E-state index in [0.717, 1.165) is 22.6 Å². The lowest BCUT2D eigenvalue weighted by atomic mass is 10.0. The summed E-state index contributed by atoms with van der Waals surface area (Å²) in [5.74, 6) is 2.39. The topological polar surface area (TPSA) is 22.1 Å². The van der Waals surface area contributed by atoms with E-state index in [-0.39, 0.29) is 0 Å². The van der Waals surface area contributed by atoms with E-state index in [0.29, 0.717) is 17.7 Å². The molecule has 3 heteroatoms. The van der Waals surface area contributed by atoms with Gasteiger partial charge in [0.25, 0.3) is 0 Å². The molecule has 0 aliphatic carbocycles. The highest BCUT2D eigenvalue weighted by Crippen LogP contribution is 2.28. The van der Waals surface area contributed by atoms with Gasteiger partial charge in [0.15, 0.2) is 0 Å². The van der Waals surface area contributed by atoms with Crippen LogP contribution in [0.3, 0.4) is 0 Å². The van der Waals surface area contributed by atoms with Gasteiger partial charge in [-0.25, -0.2) is 4.98 Å². The first-order valence-corrected chi connectivity index (χ1v) is 7.35. The number of aromatic nitrogens is 1. The van der Waals surface area contributed by atoms with Crippen LogP contribution in [0.25, 0.3) is 0 Å². The molecule has 0 aliphatic rings. The molecular formula is C17H20ClNO. The van der Waals surface area contributed by atoms with Gasteiger partial charge in [-0.2, -0.15) is 0 Å². The van der Waals surface area contributed by atoms with Crippen LogP contribution in [-0.2, 0) is 5.88 Å². The maximum Gasteiger partial charge on any atom is 0.219 e. The number of halogens is 1. The average molecular weight is 290 g/mol. The highest BCUT2D eigenvalue weighted by Gasteiger charge is 2.08. The minimum Gasteiger partial charge on any atom is -0.439 e. The summed E-state index contributed by atoms with van der Waals surface area (Å²) in [6, 6.07) is 10.2. The molecule has 0 atom stereocenters. The SMILES string of the molecule is Cc1cc(CCl)cc(Oc2cc(C(C)C)ccc2C)n1. The number of benzene rings is 1. The summed E-state index contributed by atoms with van der Waals surface area (Å²) in [7, 11) is 0. The smallest absolute Gasteiger partial charge is 0.219 e. The van der Waals surface area contributed by atoms with Crippen molar-refractivity contribution in [1.29, 1.82) is 0 Å². The van der Waals surface area contributed by atoms with Crippen LogP contribution in [0.2, 0.25) is 0 Å². The third kappa shape index (κ3) is 3.51. The lowest BCUT2D eigenvalue weighted by Crippen LogP contribution is -1.96. The Morgan fingerprint density at radius 3 is 2.55 bits per heavy atom. The molecule has 0 bridgehead atoms. The van der Waals surface area contributed by atoms with Crippen LogP contribution in [0.1, 0.15) is 42.1 Å². The third-order valence-corrected chi connectivity index (χ3v) is 3.55. The summed E-state index contributed by atoms with van der Waals surface area (Å²) in [6.45, 7) is 8.33. The minimum atomic E-state index is 0.463. The molecule has 0 amide bonds. The summed E-state index contributed by atoms with van der Waals surface area (Å²) in [6.07, 6.45) is 0. The van der Waals surface area contributed by atoms with Crippen molar-refractivity contribution in [2.45, 2.75) is 39.5 Å². The van der Waals surface area contributed by atoms with Gasteiger partial charge in [-0.1, -0.05) is 26.0 Å². The van der Waals surface area contributed by atoms with Gasteiger partial charge in [0, 0.05) is 17.6 Å². The molecule has 1 heterocycles. The van der Waals surface area contributed by atoms with E-state index in [1.165, 1.54) is 5.56 Å². The van der Waals surface area contributed by atoms with Crippen LogP contribution in [0.4, 0.5) is 0 Å². The van der Waals surface area contributed by atoms with E-state index in [4.69, 9.17) is 16.3 Å². The molecule has 1 aromatic carbocycles. The largest absolute Gasteiger partial charge is 0.439 e. The number of nitrogens with zero attached hydrogens (tertiary/aromatic N) is 1. The predicted molar refractivity (Wildman–Crippen MR) is 83.9 cm³/mol. The predicted octanol–water partition coefficient (Wildman–Crippen LogP) is 5.35. The monoisotopic (exact) mass is 289 g/mol. The summed E-state index contributed by atoms with van der Waals surface area (Å²) in [5, 5.41) is 0. The van der Waals surface area contributed by atoms with Crippen LogP contribution < -0.4 is 4.74 Å². The second kappa shape index (κ2) is 6.27. The van der Waals surface area contributed by atoms with Gasteiger partial charge >= 0.3 is 0 Å². The first kappa shape index (κ1) is 14.9. The van der Waals surface area contributed by atoms with Crippen molar-refractivity contribution in [1.82, 2.24) is 4.98 Å². The van der Waals surface area contributed by atoms with E-state index in [1.54, 1.807) is 0 Å². The molecule has 0 fully saturated rings. The number of aryl methyl sites for hydroxylation is 2. The number of pyridine rings is 1. The van der Waals surface area contributed by atoms with Crippen LogP contribution in [0.15, 0.2) is 30.3 Å². The van der Waals surface area contributed by atoms with Crippen molar-refractivity contribution in [3.05, 3.63) is 52.7 Å². The van der Waals surface area contributed by atoms with Crippen LogP contribution >= 0.6 is 11.6 Å². The highest BCUT2D eigenvalue weighted by atomic mass is 35.5. The standard InChI is InChI=1S/C17H20ClNO/c1-11(2)15-6-5-12(3)16(9-15)20-17-8-14(10-18)7-13(4)19-17/h5-9,11H,10H2,1-4H3. The van der Waals surface area contributed by atoms with E-state index in [9.17, 15) is 0 Å². The minimum absolute atomic E-state index is 0.463. The Labute approximate surface area is 125 Å². The third-order valence-electron chi connectivity index (χ3n) is 3.24. The molecule has 0 aliphatic heterocycles. The zero-order valence-corrected chi connectivity index (χ0v) is 13.2. The number of hydrogen-bond acceptors (Lipinski definition) is 2. The Hall–Kier alpha value is -1.54. The summed E-state index contributed by atoms with van der Waals surface area (Å²) >= 11 is 5.89. The maximum absolute atomic E-state index is 5.95. The van der Waals surface area contributed by atoms with Gasteiger partial charge in [0.1, 0.15) is 5.75 Å². The number of alkyl halides is 1. The Morgan fingerprint density at radius 1 is 1.15 bits per heavy atom. The van der Waals surface area contributed by atoms with E-state index in [2.05, 4.69) is 37.0 Å². The summed E-state index contributed by atoms with van der Waals surface area (Å²) in [5.41, 5.74) is 4.30. The number of rotatable bonds is 4. The number of hydrogen-bond donors (Lipinski definition) is 0. The van der Waals surface area contributed by atoms with Crippen molar-refractivity contribution in [3.8, 4) is 11.6 Å². The molecule has 0 saturated heterocycles. The Morgan fingerprint density at radius 2 is 1.90 bits per heavy atom. The van der Waals surface area contributed by atoms with Crippen molar-refractivity contribution >= 4 is 11.6 Å². The van der Waals surface area contributed by atoms with Crippen molar-refractivity contribution in [2.24, 2.45) is 0 Å². The first-order chi connectivity index (χ1) is 9.49. The fourth-order valence-corrected chi connectivity index (χ4v) is 2.19. The molecule has 0 unspecified atom stereocenters. The molecule has 20 heavy (non-hydrogen) atoms. The highest BCUT2D eigenvalue weighted by molar-refractivity contribution is 6.17. The van der Waals surface area contributed by atoms with E-state index < -0.39 is 0 Å². The molecular weight excluding hydrogens is 270 g/mol. The molecule has 0 N–H and O–H groups in total. The van der Waals surface area contributed by atoms with Crippen LogP contribution in [0.5, 0.6) is 11.6 Å². The summed E-state index contributed by atoms with van der Waals surface area (Å²) in [4.78, 5) is 4.41. The molecule has 0 saturated carbocycles. The second-order valence-corrected chi connectivity index (χ2v) is 5.64.